The van der Waals surface area contributed by atoms with E-state index in [9.17, 15) is 13.2 Å². The molecule has 16 heavy (non-hydrogen) atoms. The van der Waals surface area contributed by atoms with Gasteiger partial charge in [0, 0.05) is 18.9 Å². The molecule has 0 aromatic carbocycles. The van der Waals surface area contributed by atoms with E-state index in [1.165, 1.54) is 6.20 Å². The number of halogens is 3. The Hall–Kier alpha value is -1.14. The molecule has 0 radical (unpaired) electrons. The molecule has 1 aliphatic heterocycles. The lowest BCUT2D eigenvalue weighted by molar-refractivity contribution is -0.137. The minimum Gasteiger partial charge on any atom is -0.268 e. The molecule has 1 fully saturated rings. The molecular formula is C10H12F3N3. The molecule has 0 unspecified atom stereocenters. The van der Waals surface area contributed by atoms with Gasteiger partial charge in [-0.1, -0.05) is 0 Å². The minimum atomic E-state index is -4.35. The largest absolute Gasteiger partial charge is 0.417 e. The average molecular weight is 231 g/mol. The third-order valence-corrected chi connectivity index (χ3v) is 2.77. The Morgan fingerprint density at radius 3 is 2.69 bits per heavy atom. The third-order valence-electron chi connectivity index (χ3n) is 2.77. The molecule has 1 aromatic rings. The van der Waals surface area contributed by atoms with Gasteiger partial charge >= 0.3 is 6.18 Å². The Morgan fingerprint density at radius 2 is 2.12 bits per heavy atom. The van der Waals surface area contributed by atoms with Gasteiger partial charge in [0.15, 0.2) is 0 Å². The number of nitrogens with zero attached hydrogens (tertiary/aromatic N) is 2. The van der Waals surface area contributed by atoms with E-state index in [0.717, 1.165) is 25.1 Å². The predicted molar refractivity (Wildman–Crippen MR) is 52.1 cm³/mol. The Kier molecular flexibility index (Phi) is 2.86. The molecule has 6 heteroatoms. The van der Waals surface area contributed by atoms with E-state index < -0.39 is 11.7 Å². The molecule has 1 aromatic heterocycles. The van der Waals surface area contributed by atoms with Crippen LogP contribution in [-0.2, 0) is 6.18 Å². The SMILES string of the molecule is NN1CCC[C@@H]1c1cncc(C(F)(F)F)c1. The lowest BCUT2D eigenvalue weighted by Crippen LogP contribution is -2.30. The zero-order valence-electron chi connectivity index (χ0n) is 8.54. The van der Waals surface area contributed by atoms with Crippen LogP contribution in [0.1, 0.15) is 30.0 Å². The summed E-state index contributed by atoms with van der Waals surface area (Å²) >= 11 is 0. The van der Waals surface area contributed by atoms with Crippen LogP contribution in [0.5, 0.6) is 0 Å². The maximum atomic E-state index is 12.5. The van der Waals surface area contributed by atoms with Gasteiger partial charge < -0.3 is 0 Å². The summed E-state index contributed by atoms with van der Waals surface area (Å²) in [7, 11) is 0. The summed E-state index contributed by atoms with van der Waals surface area (Å²) in [5, 5.41) is 1.57. The molecule has 0 spiro atoms. The monoisotopic (exact) mass is 231 g/mol. The maximum absolute atomic E-state index is 12.5. The van der Waals surface area contributed by atoms with E-state index in [4.69, 9.17) is 5.84 Å². The van der Waals surface area contributed by atoms with E-state index in [0.29, 0.717) is 12.1 Å². The Balaban J connectivity index is 2.29. The fourth-order valence-corrected chi connectivity index (χ4v) is 1.94. The highest BCUT2D eigenvalue weighted by atomic mass is 19.4. The van der Waals surface area contributed by atoms with Gasteiger partial charge in [0.2, 0.25) is 0 Å². The smallest absolute Gasteiger partial charge is 0.268 e. The minimum absolute atomic E-state index is 0.144. The number of hydrazine groups is 1. The quantitative estimate of drug-likeness (QED) is 0.753. The molecule has 0 bridgehead atoms. The first-order valence-electron chi connectivity index (χ1n) is 5.02. The van der Waals surface area contributed by atoms with Crippen molar-refractivity contribution in [3.05, 3.63) is 29.6 Å². The topological polar surface area (TPSA) is 42.1 Å². The molecule has 2 heterocycles. The highest BCUT2D eigenvalue weighted by Gasteiger charge is 2.32. The van der Waals surface area contributed by atoms with Crippen molar-refractivity contribution in [2.75, 3.05) is 6.54 Å². The Morgan fingerprint density at radius 1 is 1.38 bits per heavy atom. The maximum Gasteiger partial charge on any atom is 0.417 e. The first-order chi connectivity index (χ1) is 7.48. The second kappa shape index (κ2) is 4.03. The Labute approximate surface area is 91.0 Å². The van der Waals surface area contributed by atoms with Gasteiger partial charge in [-0.05, 0) is 24.5 Å². The first kappa shape index (κ1) is 11.3. The normalized spacial score (nSPS) is 22.6. The van der Waals surface area contributed by atoms with Crippen LogP contribution in [-0.4, -0.2) is 16.5 Å². The molecule has 1 saturated heterocycles. The highest BCUT2D eigenvalue weighted by molar-refractivity contribution is 5.23. The molecule has 0 aliphatic carbocycles. The summed E-state index contributed by atoms with van der Waals surface area (Å²) in [5.41, 5.74) is -0.180. The van der Waals surface area contributed by atoms with Crippen molar-refractivity contribution in [3.8, 4) is 0 Å². The number of pyridine rings is 1. The zero-order valence-corrected chi connectivity index (χ0v) is 8.54. The van der Waals surface area contributed by atoms with Gasteiger partial charge in [-0.25, -0.2) is 5.01 Å². The summed E-state index contributed by atoms with van der Waals surface area (Å²) in [6.45, 7) is 0.709. The molecule has 0 amide bonds. The first-order valence-corrected chi connectivity index (χ1v) is 5.02. The van der Waals surface area contributed by atoms with E-state index in [-0.39, 0.29) is 6.04 Å². The molecule has 3 nitrogen and oxygen atoms in total. The standard InChI is InChI=1S/C10H12F3N3/c11-10(12,13)8-4-7(5-15-6-8)9-2-1-3-16(9)14/h4-6,9H,1-3,14H2/t9-/m1/s1. The van der Waals surface area contributed by atoms with Crippen molar-refractivity contribution >= 4 is 0 Å². The van der Waals surface area contributed by atoms with Crippen LogP contribution >= 0.6 is 0 Å². The zero-order chi connectivity index (χ0) is 11.8. The van der Waals surface area contributed by atoms with Gasteiger partial charge in [0.05, 0.1) is 11.6 Å². The summed E-state index contributed by atoms with van der Waals surface area (Å²) in [5.74, 6) is 5.69. The number of alkyl halides is 3. The number of hydrogen-bond acceptors (Lipinski definition) is 3. The van der Waals surface area contributed by atoms with Gasteiger partial charge in [-0.15, -0.1) is 0 Å². The van der Waals surface area contributed by atoms with E-state index in [1.54, 1.807) is 5.01 Å². The van der Waals surface area contributed by atoms with Gasteiger partial charge in [-0.2, -0.15) is 13.2 Å². The van der Waals surface area contributed by atoms with Gasteiger partial charge in [0.1, 0.15) is 0 Å². The van der Waals surface area contributed by atoms with Crippen molar-refractivity contribution in [3.63, 3.8) is 0 Å². The average Bonchev–Trinajstić information content (AvgIpc) is 2.63. The van der Waals surface area contributed by atoms with Crippen LogP contribution in [0.15, 0.2) is 18.5 Å². The second-order valence-corrected chi connectivity index (χ2v) is 3.90. The fraction of sp³-hybridized carbons (Fsp3) is 0.500. The van der Waals surface area contributed by atoms with Crippen LogP contribution < -0.4 is 5.84 Å². The summed E-state index contributed by atoms with van der Waals surface area (Å²) in [6, 6.07) is 0.984. The van der Waals surface area contributed by atoms with Crippen LogP contribution in [0.25, 0.3) is 0 Å². The molecule has 1 atom stereocenters. The molecule has 2 rings (SSSR count). The number of aromatic nitrogens is 1. The van der Waals surface area contributed by atoms with Crippen LogP contribution in [0.3, 0.4) is 0 Å². The fourth-order valence-electron chi connectivity index (χ4n) is 1.94. The predicted octanol–water partition coefficient (Wildman–Crippen LogP) is 2.11. The molecular weight excluding hydrogens is 219 g/mol. The van der Waals surface area contributed by atoms with Crippen LogP contribution in [0, 0.1) is 0 Å². The summed E-state index contributed by atoms with van der Waals surface area (Å²) in [4.78, 5) is 3.63. The van der Waals surface area contributed by atoms with Crippen LogP contribution in [0.2, 0.25) is 0 Å². The lowest BCUT2D eigenvalue weighted by Gasteiger charge is -2.19. The van der Waals surface area contributed by atoms with Gasteiger partial charge in [-0.3, -0.25) is 10.8 Å². The molecule has 88 valence electrons. The summed E-state index contributed by atoms with van der Waals surface area (Å²) in [6.07, 6.45) is -0.387. The second-order valence-electron chi connectivity index (χ2n) is 3.90. The van der Waals surface area contributed by atoms with E-state index >= 15 is 0 Å². The van der Waals surface area contributed by atoms with Crippen molar-refractivity contribution < 1.29 is 13.2 Å². The van der Waals surface area contributed by atoms with Gasteiger partial charge in [0.25, 0.3) is 0 Å². The van der Waals surface area contributed by atoms with Crippen molar-refractivity contribution in [2.24, 2.45) is 5.84 Å². The Bertz CT molecular complexity index is 378. The molecule has 2 N–H and O–H groups in total. The van der Waals surface area contributed by atoms with Crippen molar-refractivity contribution in [1.29, 1.82) is 0 Å². The van der Waals surface area contributed by atoms with Crippen molar-refractivity contribution in [2.45, 2.75) is 25.1 Å². The molecule has 0 saturated carbocycles. The van der Waals surface area contributed by atoms with Crippen LogP contribution in [0.4, 0.5) is 13.2 Å². The highest BCUT2D eigenvalue weighted by Crippen LogP contribution is 2.33. The third kappa shape index (κ3) is 2.17. The summed E-state index contributed by atoms with van der Waals surface area (Å²) < 4.78 is 37.4. The van der Waals surface area contributed by atoms with E-state index in [1.807, 2.05) is 0 Å². The van der Waals surface area contributed by atoms with E-state index in [2.05, 4.69) is 4.98 Å². The number of nitrogens with two attached hydrogens (primary N) is 1. The number of hydrogen-bond donors (Lipinski definition) is 1. The molecule has 1 aliphatic rings. The lowest BCUT2D eigenvalue weighted by atomic mass is 10.1. The van der Waals surface area contributed by atoms with Crippen molar-refractivity contribution in [1.82, 2.24) is 9.99 Å². The number of rotatable bonds is 1.